The van der Waals surface area contributed by atoms with E-state index in [1.807, 2.05) is 44.2 Å². The number of primary amides is 1. The summed E-state index contributed by atoms with van der Waals surface area (Å²) in [6.07, 6.45) is 2.43. The number of nitrogens with two attached hydrogens (primary N) is 1. The summed E-state index contributed by atoms with van der Waals surface area (Å²) in [5, 5.41) is 0.496. The maximum absolute atomic E-state index is 13.9. The van der Waals surface area contributed by atoms with Gasteiger partial charge in [0.05, 0.1) is 34.7 Å². The van der Waals surface area contributed by atoms with Crippen LogP contribution in [-0.2, 0) is 14.3 Å². The predicted molar refractivity (Wildman–Crippen MR) is 133 cm³/mol. The van der Waals surface area contributed by atoms with Gasteiger partial charge in [-0.25, -0.2) is 4.98 Å². The lowest BCUT2D eigenvalue weighted by Gasteiger charge is -2.39. The number of oxazole rings is 1. The van der Waals surface area contributed by atoms with Crippen LogP contribution in [0.5, 0.6) is 0 Å². The summed E-state index contributed by atoms with van der Waals surface area (Å²) in [6.45, 7) is 8.89. The number of fused-ring (bicyclic) bond motifs is 1. The molecule has 0 fully saturated rings. The number of hydrogen-bond acceptors (Lipinski definition) is 7. The van der Waals surface area contributed by atoms with Crippen molar-refractivity contribution in [2.75, 3.05) is 11.4 Å². The Morgan fingerprint density at radius 2 is 1.94 bits per heavy atom. The van der Waals surface area contributed by atoms with Crippen LogP contribution in [0.3, 0.4) is 0 Å². The van der Waals surface area contributed by atoms with Crippen molar-refractivity contribution in [2.24, 2.45) is 17.1 Å². The van der Waals surface area contributed by atoms with Crippen molar-refractivity contribution in [3.8, 4) is 10.8 Å². The summed E-state index contributed by atoms with van der Waals surface area (Å²) < 4.78 is 11.7. The zero-order chi connectivity index (χ0) is 25.5. The van der Waals surface area contributed by atoms with Crippen molar-refractivity contribution in [3.63, 3.8) is 0 Å². The van der Waals surface area contributed by atoms with E-state index in [9.17, 15) is 14.4 Å². The molecule has 1 aliphatic heterocycles. The van der Waals surface area contributed by atoms with Gasteiger partial charge in [-0.2, -0.15) is 0 Å². The molecule has 0 saturated heterocycles. The molecule has 0 bridgehead atoms. The second-order valence-electron chi connectivity index (χ2n) is 9.49. The van der Waals surface area contributed by atoms with E-state index in [0.29, 0.717) is 26.9 Å². The predicted octanol–water partition coefficient (Wildman–Crippen LogP) is 4.53. The molecule has 3 heterocycles. The number of amides is 2. The number of carbonyl (C=O) groups excluding carboxylic acids is 3. The Balaban J connectivity index is 1.87. The largest absolute Gasteiger partial charge is 0.444 e. The maximum atomic E-state index is 13.9. The van der Waals surface area contributed by atoms with Crippen molar-refractivity contribution < 1.29 is 23.5 Å². The molecular formula is C26H29N3O5S. The minimum atomic E-state index is -1.39. The van der Waals surface area contributed by atoms with Crippen molar-refractivity contribution in [1.29, 1.82) is 0 Å². The molecule has 8 nitrogen and oxygen atoms in total. The van der Waals surface area contributed by atoms with Crippen molar-refractivity contribution >= 4 is 33.9 Å². The van der Waals surface area contributed by atoms with E-state index >= 15 is 0 Å². The van der Waals surface area contributed by atoms with Gasteiger partial charge in [0, 0.05) is 0 Å². The lowest BCUT2D eigenvalue weighted by molar-refractivity contribution is -0.135. The first kappa shape index (κ1) is 24.8. The Morgan fingerprint density at radius 3 is 2.51 bits per heavy atom. The molecule has 2 aromatic heterocycles. The molecule has 9 heteroatoms. The van der Waals surface area contributed by atoms with Gasteiger partial charge >= 0.3 is 0 Å². The molecule has 0 saturated carbocycles. The fourth-order valence-electron chi connectivity index (χ4n) is 4.37. The van der Waals surface area contributed by atoms with Gasteiger partial charge in [-0.05, 0) is 45.7 Å². The normalized spacial score (nSPS) is 17.1. The Labute approximate surface area is 208 Å². The molecule has 1 unspecified atom stereocenters. The molecule has 1 aromatic carbocycles. The number of carbonyl (C=O) groups is 3. The molecule has 184 valence electrons. The first-order chi connectivity index (χ1) is 16.5. The second kappa shape index (κ2) is 9.39. The number of aromatic nitrogens is 1. The molecule has 2 N–H and O–H groups in total. The first-order valence-corrected chi connectivity index (χ1v) is 12.2. The van der Waals surface area contributed by atoms with Gasteiger partial charge in [-0.15, -0.1) is 11.3 Å². The van der Waals surface area contributed by atoms with E-state index in [1.165, 1.54) is 37.6 Å². The number of hydrogen-bond donors (Lipinski definition) is 1. The van der Waals surface area contributed by atoms with Crippen molar-refractivity contribution in [1.82, 2.24) is 4.98 Å². The van der Waals surface area contributed by atoms with E-state index in [1.54, 1.807) is 11.8 Å². The summed E-state index contributed by atoms with van der Waals surface area (Å²) in [5.41, 5.74) is 6.22. The van der Waals surface area contributed by atoms with Crippen LogP contribution in [0, 0.1) is 18.3 Å². The number of Topliss-reactive ketones (excluding diaryl/α,β-unsaturated/α-hetero) is 1. The third kappa shape index (κ3) is 4.41. The molecule has 0 radical (unpaired) electrons. The zero-order valence-corrected chi connectivity index (χ0v) is 21.2. The van der Waals surface area contributed by atoms with E-state index < -0.39 is 35.0 Å². The van der Waals surface area contributed by atoms with Gasteiger partial charge < -0.3 is 14.9 Å². The van der Waals surface area contributed by atoms with Crippen molar-refractivity contribution in [2.45, 2.75) is 46.8 Å². The average Bonchev–Trinajstić information content (AvgIpc) is 3.44. The van der Waals surface area contributed by atoms with Crippen LogP contribution in [0.25, 0.3) is 10.8 Å². The highest BCUT2D eigenvalue weighted by atomic mass is 32.1. The molecule has 4 rings (SSSR count). The number of ketones is 1. The van der Waals surface area contributed by atoms with Crippen LogP contribution >= 0.6 is 11.3 Å². The number of ether oxygens (including phenoxy) is 1. The van der Waals surface area contributed by atoms with Gasteiger partial charge in [0.1, 0.15) is 23.3 Å². The van der Waals surface area contributed by atoms with Crippen LogP contribution in [0.15, 0.2) is 47.2 Å². The molecule has 0 aliphatic carbocycles. The number of benzene rings is 1. The van der Waals surface area contributed by atoms with Crippen molar-refractivity contribution in [3.05, 3.63) is 59.5 Å². The van der Waals surface area contributed by atoms with Gasteiger partial charge in [0.25, 0.3) is 0 Å². The number of thiophene rings is 1. The van der Waals surface area contributed by atoms with E-state index in [4.69, 9.17) is 14.9 Å². The SMILES string of the molecule is Cc1c(-c2ncco2)sc2c1C(=O)C(C(C)(C)C(N)=O)C(=O)N2C[C@H](OC(C)C)c1ccccc1. The molecule has 2 amide bonds. The van der Waals surface area contributed by atoms with Crippen LogP contribution in [0.4, 0.5) is 5.00 Å². The minimum absolute atomic E-state index is 0.105. The Bertz CT molecular complexity index is 1250. The quantitative estimate of drug-likeness (QED) is 0.459. The number of anilines is 1. The summed E-state index contributed by atoms with van der Waals surface area (Å²) in [7, 11) is 0. The molecule has 3 aromatic rings. The monoisotopic (exact) mass is 495 g/mol. The smallest absolute Gasteiger partial charge is 0.239 e. The first-order valence-electron chi connectivity index (χ1n) is 11.4. The average molecular weight is 496 g/mol. The maximum Gasteiger partial charge on any atom is 0.239 e. The van der Waals surface area contributed by atoms with E-state index in [0.717, 1.165) is 5.56 Å². The van der Waals surface area contributed by atoms with Crippen LogP contribution in [-0.4, -0.2) is 35.2 Å². The second-order valence-corrected chi connectivity index (χ2v) is 10.5. The summed E-state index contributed by atoms with van der Waals surface area (Å²) >= 11 is 1.27. The standard InChI is InChI=1S/C26H29N3O5S/c1-14(2)34-17(16-9-7-6-8-10-16)13-29-23(31)19(26(4,5)25(27)32)20(30)18-15(3)21(35-24(18)29)22-28-11-12-33-22/h6-12,14,17,19H,13H2,1-5H3,(H2,27,32)/t17-,19?/m0/s1. The number of nitrogens with zero attached hydrogens (tertiary/aromatic N) is 2. The topological polar surface area (TPSA) is 116 Å². The highest BCUT2D eigenvalue weighted by molar-refractivity contribution is 7.20. The molecule has 1 aliphatic rings. The van der Waals surface area contributed by atoms with E-state index in [-0.39, 0.29) is 12.6 Å². The van der Waals surface area contributed by atoms with Crippen LogP contribution in [0.2, 0.25) is 0 Å². The summed E-state index contributed by atoms with van der Waals surface area (Å²) in [6, 6.07) is 9.61. The Kier molecular flexibility index (Phi) is 6.66. The summed E-state index contributed by atoms with van der Waals surface area (Å²) in [5.74, 6) is -2.50. The summed E-state index contributed by atoms with van der Waals surface area (Å²) in [4.78, 5) is 46.5. The van der Waals surface area contributed by atoms with Gasteiger partial charge in [0.15, 0.2) is 5.78 Å². The molecule has 35 heavy (non-hydrogen) atoms. The number of rotatable bonds is 8. The Hall–Kier alpha value is -3.30. The zero-order valence-electron chi connectivity index (χ0n) is 20.4. The van der Waals surface area contributed by atoms with Gasteiger partial charge in [-0.3, -0.25) is 19.3 Å². The van der Waals surface area contributed by atoms with Gasteiger partial charge in [0.2, 0.25) is 17.7 Å². The third-order valence-corrected chi connectivity index (χ3v) is 7.64. The molecule has 0 spiro atoms. The molecular weight excluding hydrogens is 466 g/mol. The minimum Gasteiger partial charge on any atom is -0.444 e. The van der Waals surface area contributed by atoms with Gasteiger partial charge in [-0.1, -0.05) is 30.3 Å². The highest BCUT2D eigenvalue weighted by Crippen LogP contribution is 2.48. The Morgan fingerprint density at radius 1 is 1.26 bits per heavy atom. The lowest BCUT2D eigenvalue weighted by Crippen LogP contribution is -2.54. The fourth-order valence-corrected chi connectivity index (χ4v) is 5.64. The fraction of sp³-hybridized carbons (Fsp3) is 0.385. The highest BCUT2D eigenvalue weighted by Gasteiger charge is 2.52. The molecule has 2 atom stereocenters. The lowest BCUT2D eigenvalue weighted by atomic mass is 9.71. The van der Waals surface area contributed by atoms with Crippen LogP contribution < -0.4 is 10.6 Å². The van der Waals surface area contributed by atoms with E-state index in [2.05, 4.69) is 4.98 Å². The third-order valence-electron chi connectivity index (χ3n) is 6.33. The van der Waals surface area contributed by atoms with Crippen LogP contribution in [0.1, 0.15) is 55.3 Å².